The first-order valence-corrected chi connectivity index (χ1v) is 10.9. The zero-order chi connectivity index (χ0) is 21.7. The number of anilines is 2. The van der Waals surface area contributed by atoms with E-state index in [0.29, 0.717) is 27.0 Å². The van der Waals surface area contributed by atoms with Crippen molar-refractivity contribution < 1.29 is 9.59 Å². The molecule has 0 aliphatic rings. The Balaban J connectivity index is 1.63. The lowest BCUT2D eigenvalue weighted by Crippen LogP contribution is -2.22. The van der Waals surface area contributed by atoms with Gasteiger partial charge in [0, 0.05) is 31.9 Å². The molecule has 1 atom stereocenters. The number of aryl methyl sites for hydroxylation is 1. The molecule has 0 spiro atoms. The van der Waals surface area contributed by atoms with Crippen molar-refractivity contribution >= 4 is 58.2 Å². The van der Waals surface area contributed by atoms with Crippen LogP contribution in [0.15, 0.2) is 71.6 Å². The second-order valence-corrected chi connectivity index (χ2v) is 8.96. The highest BCUT2D eigenvalue weighted by molar-refractivity contribution is 8.00. The number of benzene rings is 3. The minimum Gasteiger partial charge on any atom is -0.325 e. The maximum Gasteiger partial charge on any atom is 0.255 e. The largest absolute Gasteiger partial charge is 0.325 e. The molecule has 0 bridgehead atoms. The molecule has 4 nitrogen and oxygen atoms in total. The van der Waals surface area contributed by atoms with Crippen molar-refractivity contribution in [2.75, 3.05) is 10.6 Å². The van der Waals surface area contributed by atoms with Gasteiger partial charge >= 0.3 is 0 Å². The Morgan fingerprint density at radius 2 is 1.63 bits per heavy atom. The summed E-state index contributed by atoms with van der Waals surface area (Å²) < 4.78 is 0. The SMILES string of the molecule is Cc1ccc(NC(=O)C(C)Sc2cccc(NC(=O)c3cccc(Cl)c3)c2)cc1Cl. The van der Waals surface area contributed by atoms with Crippen molar-refractivity contribution in [2.45, 2.75) is 24.0 Å². The van der Waals surface area contributed by atoms with Gasteiger partial charge in [0.15, 0.2) is 0 Å². The number of carbonyl (C=O) groups is 2. The standard InChI is InChI=1S/C23H20Cl2N2O2S/c1-14-9-10-19(13-21(14)25)26-22(28)15(2)30-20-8-4-7-18(12-20)27-23(29)16-5-3-6-17(24)11-16/h3-13,15H,1-2H3,(H,26,28)(H,27,29). The van der Waals surface area contributed by atoms with E-state index in [1.54, 1.807) is 36.4 Å². The van der Waals surface area contributed by atoms with Crippen molar-refractivity contribution in [3.63, 3.8) is 0 Å². The molecule has 0 aromatic heterocycles. The molecular weight excluding hydrogens is 439 g/mol. The fraction of sp³-hybridized carbons (Fsp3) is 0.130. The summed E-state index contributed by atoms with van der Waals surface area (Å²) in [6.45, 7) is 3.73. The van der Waals surface area contributed by atoms with Crippen LogP contribution in [0.2, 0.25) is 10.0 Å². The molecule has 3 aromatic carbocycles. The van der Waals surface area contributed by atoms with E-state index in [9.17, 15) is 9.59 Å². The molecule has 3 rings (SSSR count). The van der Waals surface area contributed by atoms with Crippen LogP contribution < -0.4 is 10.6 Å². The van der Waals surface area contributed by atoms with E-state index in [1.807, 2.05) is 44.2 Å². The second kappa shape index (κ2) is 10.0. The Labute approximate surface area is 190 Å². The van der Waals surface area contributed by atoms with Crippen LogP contribution in [0, 0.1) is 6.92 Å². The van der Waals surface area contributed by atoms with E-state index in [0.717, 1.165) is 10.5 Å². The van der Waals surface area contributed by atoms with Crippen molar-refractivity contribution in [1.82, 2.24) is 0 Å². The smallest absolute Gasteiger partial charge is 0.255 e. The van der Waals surface area contributed by atoms with Gasteiger partial charge in [0.1, 0.15) is 0 Å². The summed E-state index contributed by atoms with van der Waals surface area (Å²) >= 11 is 13.5. The lowest BCUT2D eigenvalue weighted by molar-refractivity contribution is -0.115. The van der Waals surface area contributed by atoms with Crippen molar-refractivity contribution in [1.29, 1.82) is 0 Å². The third kappa shape index (κ3) is 6.02. The number of amides is 2. The number of carbonyl (C=O) groups excluding carboxylic acids is 2. The molecule has 2 N–H and O–H groups in total. The summed E-state index contributed by atoms with van der Waals surface area (Å²) in [6.07, 6.45) is 0. The zero-order valence-corrected chi connectivity index (χ0v) is 18.7. The van der Waals surface area contributed by atoms with E-state index in [2.05, 4.69) is 10.6 Å². The highest BCUT2D eigenvalue weighted by Crippen LogP contribution is 2.27. The van der Waals surface area contributed by atoms with Gasteiger partial charge in [-0.25, -0.2) is 0 Å². The molecule has 0 heterocycles. The lowest BCUT2D eigenvalue weighted by Gasteiger charge is -2.13. The van der Waals surface area contributed by atoms with Gasteiger partial charge < -0.3 is 10.6 Å². The van der Waals surface area contributed by atoms with Crippen LogP contribution in [0.1, 0.15) is 22.8 Å². The highest BCUT2D eigenvalue weighted by Gasteiger charge is 2.16. The van der Waals surface area contributed by atoms with Crippen LogP contribution in [-0.4, -0.2) is 17.1 Å². The van der Waals surface area contributed by atoms with E-state index in [-0.39, 0.29) is 17.1 Å². The molecule has 7 heteroatoms. The summed E-state index contributed by atoms with van der Waals surface area (Å²) in [5.41, 5.74) is 2.73. The Hall–Kier alpha value is -2.47. The van der Waals surface area contributed by atoms with Crippen molar-refractivity contribution in [3.05, 3.63) is 87.9 Å². The van der Waals surface area contributed by atoms with Crippen molar-refractivity contribution in [3.8, 4) is 0 Å². The molecule has 0 fully saturated rings. The number of thioether (sulfide) groups is 1. The summed E-state index contributed by atoms with van der Waals surface area (Å²) in [7, 11) is 0. The van der Waals surface area contributed by atoms with Crippen LogP contribution >= 0.6 is 35.0 Å². The molecular formula is C23H20Cl2N2O2S. The zero-order valence-electron chi connectivity index (χ0n) is 16.4. The van der Waals surface area contributed by atoms with E-state index >= 15 is 0 Å². The molecule has 0 aliphatic carbocycles. The van der Waals surface area contributed by atoms with Crippen LogP contribution in [0.3, 0.4) is 0 Å². The summed E-state index contributed by atoms with van der Waals surface area (Å²) in [5.74, 6) is -0.380. The van der Waals surface area contributed by atoms with E-state index in [4.69, 9.17) is 23.2 Å². The van der Waals surface area contributed by atoms with Gasteiger partial charge in [-0.1, -0.05) is 41.4 Å². The summed E-state index contributed by atoms with van der Waals surface area (Å²) in [6, 6.07) is 19.5. The first-order chi connectivity index (χ1) is 14.3. The van der Waals surface area contributed by atoms with Crippen LogP contribution in [-0.2, 0) is 4.79 Å². The van der Waals surface area contributed by atoms with Crippen LogP contribution in [0.5, 0.6) is 0 Å². The second-order valence-electron chi connectivity index (χ2n) is 6.71. The maximum absolute atomic E-state index is 12.5. The van der Waals surface area contributed by atoms with Gasteiger partial charge in [-0.05, 0) is 67.9 Å². The predicted octanol–water partition coefficient (Wildman–Crippen LogP) is 6.67. The van der Waals surface area contributed by atoms with Gasteiger partial charge in [-0.2, -0.15) is 0 Å². The Bertz CT molecular complexity index is 1090. The molecule has 30 heavy (non-hydrogen) atoms. The number of hydrogen-bond donors (Lipinski definition) is 2. The maximum atomic E-state index is 12.5. The topological polar surface area (TPSA) is 58.2 Å². The van der Waals surface area contributed by atoms with Gasteiger partial charge in [0.25, 0.3) is 5.91 Å². The lowest BCUT2D eigenvalue weighted by atomic mass is 10.2. The van der Waals surface area contributed by atoms with Crippen LogP contribution in [0.4, 0.5) is 11.4 Å². The molecule has 154 valence electrons. The third-order valence-corrected chi connectivity index (χ3v) is 6.04. The van der Waals surface area contributed by atoms with E-state index < -0.39 is 0 Å². The molecule has 0 aliphatic heterocycles. The minimum absolute atomic E-state index is 0.131. The van der Waals surface area contributed by atoms with Crippen LogP contribution in [0.25, 0.3) is 0 Å². The molecule has 0 saturated carbocycles. The monoisotopic (exact) mass is 458 g/mol. The Kier molecular flexibility index (Phi) is 7.43. The fourth-order valence-corrected chi connectivity index (χ4v) is 3.95. The molecule has 2 amide bonds. The number of hydrogen-bond acceptors (Lipinski definition) is 3. The molecule has 1 unspecified atom stereocenters. The average molecular weight is 459 g/mol. The number of nitrogens with one attached hydrogen (secondary N) is 2. The van der Waals surface area contributed by atoms with E-state index in [1.165, 1.54) is 11.8 Å². The van der Waals surface area contributed by atoms with Gasteiger partial charge in [-0.15, -0.1) is 11.8 Å². The first-order valence-electron chi connectivity index (χ1n) is 9.22. The molecule has 0 saturated heterocycles. The first kappa shape index (κ1) is 22.2. The number of rotatable bonds is 6. The van der Waals surface area contributed by atoms with Gasteiger partial charge in [-0.3, -0.25) is 9.59 Å². The fourth-order valence-electron chi connectivity index (χ4n) is 2.65. The van der Waals surface area contributed by atoms with Gasteiger partial charge in [0.05, 0.1) is 5.25 Å². The quantitative estimate of drug-likeness (QED) is 0.405. The normalized spacial score (nSPS) is 11.6. The number of halogens is 2. The summed E-state index contributed by atoms with van der Waals surface area (Å²) in [5, 5.41) is 6.50. The van der Waals surface area contributed by atoms with Crippen molar-refractivity contribution in [2.24, 2.45) is 0 Å². The Morgan fingerprint density at radius 3 is 2.37 bits per heavy atom. The molecule has 0 radical (unpaired) electrons. The van der Waals surface area contributed by atoms with Gasteiger partial charge in [0.2, 0.25) is 5.91 Å². The minimum atomic E-state index is -0.344. The Morgan fingerprint density at radius 1 is 0.900 bits per heavy atom. The summed E-state index contributed by atoms with van der Waals surface area (Å²) in [4.78, 5) is 25.8. The highest BCUT2D eigenvalue weighted by atomic mass is 35.5. The third-order valence-electron chi connectivity index (χ3n) is 4.30. The molecule has 3 aromatic rings. The average Bonchev–Trinajstić information content (AvgIpc) is 2.71. The predicted molar refractivity (Wildman–Crippen MR) is 126 cm³/mol.